The van der Waals surface area contributed by atoms with E-state index in [1.807, 2.05) is 72.8 Å². The van der Waals surface area contributed by atoms with Crippen LogP contribution in [-0.2, 0) is 11.2 Å². The molecule has 24 heavy (non-hydrogen) atoms. The smallest absolute Gasteiger partial charge is 0.224 e. The van der Waals surface area contributed by atoms with E-state index < -0.39 is 0 Å². The Labute approximate surface area is 146 Å². The molecule has 0 aliphatic rings. The summed E-state index contributed by atoms with van der Waals surface area (Å²) in [4.78, 5) is 14.5. The highest BCUT2D eigenvalue weighted by Crippen LogP contribution is 2.33. The van der Waals surface area contributed by atoms with E-state index >= 15 is 0 Å². The molecule has 0 radical (unpaired) electrons. The molecular formula is C21H19NOS. The summed E-state index contributed by atoms with van der Waals surface area (Å²) in [7, 11) is 0. The fourth-order valence-corrected chi connectivity index (χ4v) is 3.31. The number of hydrogen-bond donors (Lipinski definition) is 1. The SMILES string of the molecule is O=C(CCc1ccccc1)Nc1ccccc1Sc1ccccc1. The summed E-state index contributed by atoms with van der Waals surface area (Å²) in [5.74, 6) is 0.0416. The highest BCUT2D eigenvalue weighted by Gasteiger charge is 2.08. The van der Waals surface area contributed by atoms with Crippen molar-refractivity contribution in [3.8, 4) is 0 Å². The summed E-state index contributed by atoms with van der Waals surface area (Å²) >= 11 is 1.66. The van der Waals surface area contributed by atoms with E-state index in [0.29, 0.717) is 6.42 Å². The molecule has 0 saturated heterocycles. The van der Waals surface area contributed by atoms with Crippen molar-refractivity contribution in [1.29, 1.82) is 0 Å². The topological polar surface area (TPSA) is 29.1 Å². The van der Waals surface area contributed by atoms with Gasteiger partial charge in [-0.15, -0.1) is 0 Å². The zero-order valence-electron chi connectivity index (χ0n) is 13.3. The first-order valence-corrected chi connectivity index (χ1v) is 8.78. The van der Waals surface area contributed by atoms with Gasteiger partial charge in [-0.25, -0.2) is 0 Å². The van der Waals surface area contributed by atoms with E-state index in [1.54, 1.807) is 11.8 Å². The van der Waals surface area contributed by atoms with Crippen LogP contribution in [0, 0.1) is 0 Å². The largest absolute Gasteiger partial charge is 0.325 e. The number of benzene rings is 3. The van der Waals surface area contributed by atoms with Crippen molar-refractivity contribution in [1.82, 2.24) is 0 Å². The molecule has 1 N–H and O–H groups in total. The van der Waals surface area contributed by atoms with E-state index in [0.717, 1.165) is 21.9 Å². The van der Waals surface area contributed by atoms with Gasteiger partial charge in [0.15, 0.2) is 0 Å². The molecule has 0 aromatic heterocycles. The molecule has 120 valence electrons. The molecule has 0 spiro atoms. The van der Waals surface area contributed by atoms with Crippen LogP contribution in [0.4, 0.5) is 5.69 Å². The number of carbonyl (C=O) groups is 1. The predicted molar refractivity (Wildman–Crippen MR) is 100 cm³/mol. The van der Waals surface area contributed by atoms with Gasteiger partial charge in [-0.2, -0.15) is 0 Å². The van der Waals surface area contributed by atoms with E-state index in [-0.39, 0.29) is 5.91 Å². The number of para-hydroxylation sites is 1. The van der Waals surface area contributed by atoms with Crippen LogP contribution in [0.15, 0.2) is 94.7 Å². The first-order chi connectivity index (χ1) is 11.8. The Morgan fingerprint density at radius 3 is 2.17 bits per heavy atom. The van der Waals surface area contributed by atoms with Crippen LogP contribution in [0.2, 0.25) is 0 Å². The van der Waals surface area contributed by atoms with E-state index in [1.165, 1.54) is 5.56 Å². The third-order valence-electron chi connectivity index (χ3n) is 3.62. The van der Waals surface area contributed by atoms with Crippen LogP contribution in [0.1, 0.15) is 12.0 Å². The number of carbonyl (C=O) groups excluding carboxylic acids is 1. The quantitative estimate of drug-likeness (QED) is 0.653. The van der Waals surface area contributed by atoms with Gasteiger partial charge < -0.3 is 5.32 Å². The molecule has 0 heterocycles. The second-order valence-electron chi connectivity index (χ2n) is 5.45. The molecule has 3 rings (SSSR count). The zero-order valence-corrected chi connectivity index (χ0v) is 14.1. The lowest BCUT2D eigenvalue weighted by Crippen LogP contribution is -2.12. The lowest BCUT2D eigenvalue weighted by Gasteiger charge is -2.11. The Balaban J connectivity index is 1.63. The average Bonchev–Trinajstić information content (AvgIpc) is 2.63. The predicted octanol–water partition coefficient (Wildman–Crippen LogP) is 5.41. The molecule has 3 heteroatoms. The van der Waals surface area contributed by atoms with Crippen molar-refractivity contribution >= 4 is 23.4 Å². The number of hydrogen-bond acceptors (Lipinski definition) is 2. The summed E-state index contributed by atoms with van der Waals surface area (Å²) in [6.07, 6.45) is 1.23. The van der Waals surface area contributed by atoms with Gasteiger partial charge in [-0.3, -0.25) is 4.79 Å². The van der Waals surface area contributed by atoms with Crippen molar-refractivity contribution in [3.63, 3.8) is 0 Å². The van der Waals surface area contributed by atoms with E-state index in [4.69, 9.17) is 0 Å². The Bertz CT molecular complexity index is 787. The van der Waals surface area contributed by atoms with Gasteiger partial charge in [0, 0.05) is 16.2 Å². The summed E-state index contributed by atoms with van der Waals surface area (Å²) in [5.41, 5.74) is 2.05. The van der Waals surface area contributed by atoms with Crippen LogP contribution < -0.4 is 5.32 Å². The Morgan fingerprint density at radius 2 is 1.42 bits per heavy atom. The summed E-state index contributed by atoms with van der Waals surface area (Å²) < 4.78 is 0. The van der Waals surface area contributed by atoms with Crippen LogP contribution in [0.3, 0.4) is 0 Å². The van der Waals surface area contributed by atoms with Gasteiger partial charge in [0.25, 0.3) is 0 Å². The van der Waals surface area contributed by atoms with Gasteiger partial charge in [-0.1, -0.05) is 72.4 Å². The van der Waals surface area contributed by atoms with Crippen molar-refractivity contribution in [2.75, 3.05) is 5.32 Å². The standard InChI is InChI=1S/C21H19NOS/c23-21(16-15-17-9-3-1-4-10-17)22-19-13-7-8-14-20(19)24-18-11-5-2-6-12-18/h1-14H,15-16H2,(H,22,23). The highest BCUT2D eigenvalue weighted by molar-refractivity contribution is 7.99. The number of rotatable bonds is 6. The minimum atomic E-state index is 0.0416. The first-order valence-electron chi connectivity index (χ1n) is 7.97. The minimum absolute atomic E-state index is 0.0416. The molecule has 1 amide bonds. The number of nitrogens with one attached hydrogen (secondary N) is 1. The van der Waals surface area contributed by atoms with Gasteiger partial charge >= 0.3 is 0 Å². The van der Waals surface area contributed by atoms with Crippen molar-refractivity contribution in [2.24, 2.45) is 0 Å². The Hall–Kier alpha value is -2.52. The molecule has 0 saturated carbocycles. The molecule has 0 atom stereocenters. The van der Waals surface area contributed by atoms with Gasteiger partial charge in [0.1, 0.15) is 0 Å². The molecule has 0 aliphatic heterocycles. The summed E-state index contributed by atoms with van der Waals surface area (Å²) in [5, 5.41) is 3.04. The van der Waals surface area contributed by atoms with Crippen LogP contribution in [-0.4, -0.2) is 5.91 Å². The fraction of sp³-hybridized carbons (Fsp3) is 0.0952. The van der Waals surface area contributed by atoms with Gasteiger partial charge in [0.05, 0.1) is 5.69 Å². The normalized spacial score (nSPS) is 10.3. The van der Waals surface area contributed by atoms with E-state index in [9.17, 15) is 4.79 Å². The zero-order chi connectivity index (χ0) is 16.6. The maximum atomic E-state index is 12.3. The lowest BCUT2D eigenvalue weighted by atomic mass is 10.1. The summed E-state index contributed by atoms with van der Waals surface area (Å²) in [6.45, 7) is 0. The van der Waals surface area contributed by atoms with Crippen molar-refractivity contribution in [2.45, 2.75) is 22.6 Å². The maximum Gasteiger partial charge on any atom is 0.224 e. The third kappa shape index (κ3) is 4.74. The monoisotopic (exact) mass is 333 g/mol. The Morgan fingerprint density at radius 1 is 0.792 bits per heavy atom. The number of aryl methyl sites for hydroxylation is 1. The number of anilines is 1. The molecule has 3 aromatic rings. The molecule has 2 nitrogen and oxygen atoms in total. The molecule has 3 aromatic carbocycles. The minimum Gasteiger partial charge on any atom is -0.325 e. The molecule has 0 aliphatic carbocycles. The van der Waals surface area contributed by atoms with Crippen molar-refractivity contribution < 1.29 is 4.79 Å². The van der Waals surface area contributed by atoms with Crippen LogP contribution in [0.5, 0.6) is 0 Å². The van der Waals surface area contributed by atoms with E-state index in [2.05, 4.69) is 17.4 Å². The van der Waals surface area contributed by atoms with Gasteiger partial charge in [-0.05, 0) is 36.2 Å². The van der Waals surface area contributed by atoms with Crippen LogP contribution in [0.25, 0.3) is 0 Å². The van der Waals surface area contributed by atoms with Crippen molar-refractivity contribution in [3.05, 3.63) is 90.5 Å². The second-order valence-corrected chi connectivity index (χ2v) is 6.56. The third-order valence-corrected chi connectivity index (χ3v) is 4.70. The average molecular weight is 333 g/mol. The molecule has 0 bridgehead atoms. The summed E-state index contributed by atoms with van der Waals surface area (Å²) in [6, 6.07) is 28.2. The Kier molecular flexibility index (Phi) is 5.70. The fourth-order valence-electron chi connectivity index (χ4n) is 2.39. The molecular weight excluding hydrogens is 314 g/mol. The lowest BCUT2D eigenvalue weighted by molar-refractivity contribution is -0.116. The second kappa shape index (κ2) is 8.37. The number of amides is 1. The first kappa shape index (κ1) is 16.3. The maximum absolute atomic E-state index is 12.3. The van der Waals surface area contributed by atoms with Crippen LogP contribution >= 0.6 is 11.8 Å². The highest BCUT2D eigenvalue weighted by atomic mass is 32.2. The molecule has 0 unspecified atom stereocenters. The van der Waals surface area contributed by atoms with Gasteiger partial charge in [0.2, 0.25) is 5.91 Å². The molecule has 0 fully saturated rings.